The summed E-state index contributed by atoms with van der Waals surface area (Å²) in [6.45, 7) is 1.84. The normalized spacial score (nSPS) is 16.0. The summed E-state index contributed by atoms with van der Waals surface area (Å²) in [6, 6.07) is 8.63. The van der Waals surface area contributed by atoms with Gasteiger partial charge in [0.25, 0.3) is 5.91 Å². The first kappa shape index (κ1) is 15.9. The number of anilines is 2. The zero-order valence-electron chi connectivity index (χ0n) is 14.3. The highest BCUT2D eigenvalue weighted by molar-refractivity contribution is 6.06. The van der Waals surface area contributed by atoms with Gasteiger partial charge in [0.1, 0.15) is 18.1 Å². The molecule has 1 atom stereocenters. The molecular formula is C18H17N5O3. The fourth-order valence-corrected chi connectivity index (χ4v) is 3.06. The first-order valence-corrected chi connectivity index (χ1v) is 8.03. The Kier molecular flexibility index (Phi) is 3.92. The van der Waals surface area contributed by atoms with Gasteiger partial charge in [-0.1, -0.05) is 12.1 Å². The van der Waals surface area contributed by atoms with Gasteiger partial charge in [-0.25, -0.2) is 4.68 Å². The standard InChI is InChI=1S/C18H17N5O3/c1-11-15(17(24)22-13-5-3-4-6-14(13)25-2)16(12-7-8-26-9-12)23-18(21-11)19-10-20-23/h3-10,16H,1-2H3,(H,22,24)(H,19,20,21)/t16-/m0/s1. The van der Waals surface area contributed by atoms with E-state index < -0.39 is 6.04 Å². The number of rotatable bonds is 4. The third kappa shape index (κ3) is 2.61. The number of nitrogens with one attached hydrogen (secondary N) is 2. The van der Waals surface area contributed by atoms with E-state index in [-0.39, 0.29) is 5.91 Å². The lowest BCUT2D eigenvalue weighted by Crippen LogP contribution is -2.31. The average molecular weight is 351 g/mol. The molecule has 0 fully saturated rings. The highest BCUT2D eigenvalue weighted by atomic mass is 16.5. The van der Waals surface area contributed by atoms with Crippen molar-refractivity contribution in [2.24, 2.45) is 0 Å². The van der Waals surface area contributed by atoms with E-state index in [1.54, 1.807) is 36.5 Å². The summed E-state index contributed by atoms with van der Waals surface area (Å²) in [5.74, 6) is 0.901. The van der Waals surface area contributed by atoms with Crippen LogP contribution >= 0.6 is 0 Å². The van der Waals surface area contributed by atoms with Crippen molar-refractivity contribution in [2.75, 3.05) is 17.7 Å². The number of nitrogens with zero attached hydrogens (tertiary/aromatic N) is 3. The summed E-state index contributed by atoms with van der Waals surface area (Å²) < 4.78 is 12.2. The molecule has 1 aliphatic heterocycles. The van der Waals surface area contributed by atoms with Crippen LogP contribution in [0, 0.1) is 0 Å². The van der Waals surface area contributed by atoms with E-state index in [0.717, 1.165) is 5.56 Å². The molecule has 8 nitrogen and oxygen atoms in total. The number of amides is 1. The molecule has 8 heteroatoms. The fraction of sp³-hybridized carbons (Fsp3) is 0.167. The van der Waals surface area contributed by atoms with E-state index in [9.17, 15) is 4.79 Å². The van der Waals surface area contributed by atoms with E-state index in [4.69, 9.17) is 9.15 Å². The molecule has 3 heterocycles. The molecule has 1 aromatic carbocycles. The van der Waals surface area contributed by atoms with Crippen LogP contribution in [0.4, 0.5) is 11.6 Å². The van der Waals surface area contributed by atoms with E-state index in [0.29, 0.717) is 28.7 Å². The van der Waals surface area contributed by atoms with Gasteiger partial charge in [-0.05, 0) is 25.1 Å². The zero-order valence-corrected chi connectivity index (χ0v) is 14.3. The summed E-state index contributed by atoms with van der Waals surface area (Å²) >= 11 is 0. The lowest BCUT2D eigenvalue weighted by molar-refractivity contribution is -0.113. The maximum atomic E-state index is 13.1. The fourth-order valence-electron chi connectivity index (χ4n) is 3.06. The summed E-state index contributed by atoms with van der Waals surface area (Å²) in [7, 11) is 1.56. The van der Waals surface area contributed by atoms with Crippen molar-refractivity contribution in [3.8, 4) is 5.75 Å². The SMILES string of the molecule is COc1ccccc1NC(=O)C1=C(C)Nc2ncnn2[C@H]1c1ccoc1. The van der Waals surface area contributed by atoms with Crippen molar-refractivity contribution in [3.63, 3.8) is 0 Å². The van der Waals surface area contributed by atoms with E-state index in [2.05, 4.69) is 20.7 Å². The Morgan fingerprint density at radius 3 is 2.96 bits per heavy atom. The number of furan rings is 1. The number of hydrogen-bond acceptors (Lipinski definition) is 6. The smallest absolute Gasteiger partial charge is 0.255 e. The van der Waals surface area contributed by atoms with Crippen molar-refractivity contribution < 1.29 is 13.9 Å². The van der Waals surface area contributed by atoms with Crippen LogP contribution in [-0.2, 0) is 4.79 Å². The predicted molar refractivity (Wildman–Crippen MR) is 94.8 cm³/mol. The number of hydrogen-bond donors (Lipinski definition) is 2. The maximum Gasteiger partial charge on any atom is 0.255 e. The zero-order chi connectivity index (χ0) is 18.1. The average Bonchev–Trinajstić information content (AvgIpc) is 3.32. The number of allylic oxidation sites excluding steroid dienone is 1. The van der Waals surface area contributed by atoms with Crippen LogP contribution in [0.5, 0.6) is 5.75 Å². The largest absolute Gasteiger partial charge is 0.495 e. The minimum absolute atomic E-state index is 0.258. The number of fused-ring (bicyclic) bond motifs is 1. The number of carbonyl (C=O) groups is 1. The van der Waals surface area contributed by atoms with E-state index >= 15 is 0 Å². The van der Waals surface area contributed by atoms with Gasteiger partial charge in [0.15, 0.2) is 0 Å². The van der Waals surface area contributed by atoms with Gasteiger partial charge in [0.05, 0.1) is 30.9 Å². The third-order valence-electron chi connectivity index (χ3n) is 4.25. The Labute approximate surface area is 149 Å². The molecule has 0 bridgehead atoms. The topological polar surface area (TPSA) is 94.2 Å². The molecule has 0 radical (unpaired) electrons. The molecule has 0 spiro atoms. The molecule has 0 saturated carbocycles. The third-order valence-corrected chi connectivity index (χ3v) is 4.25. The number of benzene rings is 1. The molecule has 1 amide bonds. The van der Waals surface area contributed by atoms with E-state index in [1.165, 1.54) is 6.33 Å². The molecule has 0 aliphatic carbocycles. The molecule has 1 aliphatic rings. The number of carbonyl (C=O) groups excluding carboxylic acids is 1. The molecule has 3 aromatic rings. The first-order valence-electron chi connectivity index (χ1n) is 8.03. The number of methoxy groups -OCH3 is 1. The van der Waals surface area contributed by atoms with E-state index in [1.807, 2.05) is 25.1 Å². The maximum absolute atomic E-state index is 13.1. The lowest BCUT2D eigenvalue weighted by atomic mass is 9.97. The van der Waals surface area contributed by atoms with Gasteiger partial charge in [-0.3, -0.25) is 4.79 Å². The van der Waals surface area contributed by atoms with Crippen LogP contribution in [0.3, 0.4) is 0 Å². The van der Waals surface area contributed by atoms with Crippen LogP contribution in [-0.4, -0.2) is 27.8 Å². The quantitative estimate of drug-likeness (QED) is 0.751. The molecule has 0 unspecified atom stereocenters. The number of ether oxygens (including phenoxy) is 1. The second-order valence-corrected chi connectivity index (χ2v) is 5.81. The molecule has 2 N–H and O–H groups in total. The van der Waals surface area contributed by atoms with Crippen molar-refractivity contribution >= 4 is 17.5 Å². The first-order chi connectivity index (χ1) is 12.7. The Morgan fingerprint density at radius 1 is 1.35 bits per heavy atom. The van der Waals surface area contributed by atoms with Gasteiger partial charge < -0.3 is 19.8 Å². The summed E-state index contributed by atoms with van der Waals surface area (Å²) in [6.07, 6.45) is 4.62. The highest BCUT2D eigenvalue weighted by Gasteiger charge is 2.34. The van der Waals surface area contributed by atoms with Crippen molar-refractivity contribution in [1.29, 1.82) is 0 Å². The lowest BCUT2D eigenvalue weighted by Gasteiger charge is -2.27. The highest BCUT2D eigenvalue weighted by Crippen LogP contribution is 2.35. The van der Waals surface area contributed by atoms with Crippen LogP contribution in [0.15, 0.2) is 64.9 Å². The second kappa shape index (κ2) is 6.40. The Morgan fingerprint density at radius 2 is 2.19 bits per heavy atom. The van der Waals surface area contributed by atoms with Crippen molar-refractivity contribution in [2.45, 2.75) is 13.0 Å². The number of aromatic nitrogens is 3. The molecule has 4 rings (SSSR count). The van der Waals surface area contributed by atoms with Gasteiger partial charge in [-0.2, -0.15) is 10.1 Å². The Balaban J connectivity index is 1.74. The Bertz CT molecular complexity index is 974. The Hall–Kier alpha value is -3.55. The second-order valence-electron chi connectivity index (χ2n) is 5.81. The van der Waals surface area contributed by atoms with Crippen LogP contribution in [0.25, 0.3) is 0 Å². The van der Waals surface area contributed by atoms with Gasteiger partial charge in [0.2, 0.25) is 5.95 Å². The van der Waals surface area contributed by atoms with Crippen LogP contribution in [0.1, 0.15) is 18.5 Å². The van der Waals surface area contributed by atoms with Crippen molar-refractivity contribution in [3.05, 3.63) is 66.0 Å². The van der Waals surface area contributed by atoms with Gasteiger partial charge in [0, 0.05) is 11.3 Å². The van der Waals surface area contributed by atoms with Gasteiger partial charge >= 0.3 is 0 Å². The minimum Gasteiger partial charge on any atom is -0.495 e. The summed E-state index contributed by atoms with van der Waals surface area (Å²) in [5.41, 5.74) is 2.62. The van der Waals surface area contributed by atoms with Crippen LogP contribution < -0.4 is 15.4 Å². The van der Waals surface area contributed by atoms with Crippen LogP contribution in [0.2, 0.25) is 0 Å². The molecule has 132 valence electrons. The van der Waals surface area contributed by atoms with Crippen molar-refractivity contribution in [1.82, 2.24) is 14.8 Å². The molecule has 26 heavy (non-hydrogen) atoms. The minimum atomic E-state index is -0.442. The summed E-state index contributed by atoms with van der Waals surface area (Å²) in [5, 5.41) is 10.3. The monoisotopic (exact) mass is 351 g/mol. The number of para-hydroxylation sites is 2. The summed E-state index contributed by atoms with van der Waals surface area (Å²) in [4.78, 5) is 17.3. The molecular weight excluding hydrogens is 334 g/mol. The van der Waals surface area contributed by atoms with Gasteiger partial charge in [-0.15, -0.1) is 0 Å². The molecule has 0 saturated heterocycles. The molecule has 2 aromatic heterocycles. The predicted octanol–water partition coefficient (Wildman–Crippen LogP) is 2.81.